The zero-order valence-corrected chi connectivity index (χ0v) is 13.9. The van der Waals surface area contributed by atoms with Gasteiger partial charge in [0.1, 0.15) is 5.75 Å². The van der Waals surface area contributed by atoms with E-state index in [9.17, 15) is 4.79 Å². The average Bonchev–Trinajstić information content (AvgIpc) is 3.08. The van der Waals surface area contributed by atoms with Gasteiger partial charge in [0.2, 0.25) is 5.89 Å². The lowest BCUT2D eigenvalue weighted by Crippen LogP contribution is -2.13. The van der Waals surface area contributed by atoms with E-state index in [4.69, 9.17) is 32.4 Å². The molecular weight excluding hydrogens is 353 g/mol. The molecule has 0 atom stereocenters. The predicted octanol–water partition coefficient (Wildman–Crippen LogP) is 4.30. The monoisotopic (exact) mass is 363 g/mol. The van der Waals surface area contributed by atoms with Crippen LogP contribution in [0.5, 0.6) is 5.75 Å². The second-order valence-corrected chi connectivity index (χ2v) is 5.51. The topological polar surface area (TPSA) is 77.2 Å². The van der Waals surface area contributed by atoms with E-state index in [1.165, 1.54) is 0 Å². The van der Waals surface area contributed by atoms with Gasteiger partial charge in [-0.3, -0.25) is 4.79 Å². The summed E-state index contributed by atoms with van der Waals surface area (Å²) in [4.78, 5) is 12.2. The SMILES string of the molecule is COc1ccc(-c2nnc(C(=O)Nc3c(Cl)cccc3Cl)o2)cc1. The third kappa shape index (κ3) is 3.34. The molecule has 0 aliphatic heterocycles. The number of rotatable bonds is 4. The molecule has 0 saturated carbocycles. The Morgan fingerprint density at radius 2 is 1.75 bits per heavy atom. The lowest BCUT2D eigenvalue weighted by atomic mass is 10.2. The summed E-state index contributed by atoms with van der Waals surface area (Å²) in [6, 6.07) is 11.9. The van der Waals surface area contributed by atoms with Crippen molar-refractivity contribution in [2.45, 2.75) is 0 Å². The van der Waals surface area contributed by atoms with Crippen molar-refractivity contribution in [2.24, 2.45) is 0 Å². The second kappa shape index (κ2) is 6.90. The van der Waals surface area contributed by atoms with Crippen molar-refractivity contribution >= 4 is 34.8 Å². The van der Waals surface area contributed by atoms with Gasteiger partial charge in [-0.05, 0) is 36.4 Å². The molecule has 1 amide bonds. The Labute approximate surface area is 147 Å². The van der Waals surface area contributed by atoms with Gasteiger partial charge in [0.15, 0.2) is 0 Å². The number of ether oxygens (including phenoxy) is 1. The van der Waals surface area contributed by atoms with Crippen LogP contribution < -0.4 is 10.1 Å². The summed E-state index contributed by atoms with van der Waals surface area (Å²) in [5.74, 6) is 0.117. The number of methoxy groups -OCH3 is 1. The van der Waals surface area contributed by atoms with Gasteiger partial charge in [-0.25, -0.2) is 0 Å². The number of halogens is 2. The van der Waals surface area contributed by atoms with Crippen LogP contribution >= 0.6 is 23.2 Å². The van der Waals surface area contributed by atoms with Crippen LogP contribution in [0.4, 0.5) is 5.69 Å². The maximum Gasteiger partial charge on any atom is 0.313 e. The first-order valence-corrected chi connectivity index (χ1v) is 7.57. The number of benzene rings is 2. The molecule has 122 valence electrons. The molecule has 6 nitrogen and oxygen atoms in total. The number of nitrogens with one attached hydrogen (secondary N) is 1. The van der Waals surface area contributed by atoms with Crippen LogP contribution in [0.2, 0.25) is 10.0 Å². The second-order valence-electron chi connectivity index (χ2n) is 4.69. The number of anilines is 1. The Balaban J connectivity index is 1.80. The standard InChI is InChI=1S/C16H11Cl2N3O3/c1-23-10-7-5-9(6-8-10)15-20-21-16(24-15)14(22)19-13-11(17)3-2-4-12(13)18/h2-8H,1H3,(H,19,22). The molecule has 8 heteroatoms. The van der Waals surface area contributed by atoms with Gasteiger partial charge >= 0.3 is 11.8 Å². The molecule has 1 N–H and O–H groups in total. The number of nitrogens with zero attached hydrogens (tertiary/aromatic N) is 2. The molecule has 2 aromatic carbocycles. The molecule has 0 spiro atoms. The fourth-order valence-electron chi connectivity index (χ4n) is 1.95. The highest BCUT2D eigenvalue weighted by Crippen LogP contribution is 2.30. The van der Waals surface area contributed by atoms with Crippen molar-refractivity contribution < 1.29 is 13.9 Å². The summed E-state index contributed by atoms with van der Waals surface area (Å²) in [6.07, 6.45) is 0. The third-order valence-corrected chi connectivity index (χ3v) is 3.79. The normalized spacial score (nSPS) is 10.5. The molecule has 1 aromatic heterocycles. The molecule has 0 aliphatic rings. The van der Waals surface area contributed by atoms with Crippen molar-refractivity contribution in [3.05, 3.63) is 58.4 Å². The minimum Gasteiger partial charge on any atom is -0.497 e. The molecule has 0 fully saturated rings. The molecule has 1 heterocycles. The molecule has 3 rings (SSSR count). The van der Waals surface area contributed by atoms with Gasteiger partial charge in [0.25, 0.3) is 0 Å². The van der Waals surface area contributed by atoms with Gasteiger partial charge in [-0.2, -0.15) is 0 Å². The minimum atomic E-state index is -0.600. The quantitative estimate of drug-likeness (QED) is 0.747. The summed E-state index contributed by atoms with van der Waals surface area (Å²) in [5.41, 5.74) is 0.952. The summed E-state index contributed by atoms with van der Waals surface area (Å²) in [7, 11) is 1.57. The van der Waals surface area contributed by atoms with E-state index in [1.54, 1.807) is 49.6 Å². The van der Waals surface area contributed by atoms with Crippen molar-refractivity contribution in [3.63, 3.8) is 0 Å². The average molecular weight is 364 g/mol. The first-order valence-electron chi connectivity index (χ1n) is 6.82. The number of amides is 1. The molecular formula is C16H11Cl2N3O3. The molecule has 0 bridgehead atoms. The molecule has 0 unspecified atom stereocenters. The smallest absolute Gasteiger partial charge is 0.313 e. The van der Waals surface area contributed by atoms with E-state index in [0.29, 0.717) is 21.4 Å². The maximum absolute atomic E-state index is 12.2. The number of carbonyl (C=O) groups excluding carboxylic acids is 1. The fourth-order valence-corrected chi connectivity index (χ4v) is 2.44. The number of hydrogen-bond acceptors (Lipinski definition) is 5. The summed E-state index contributed by atoms with van der Waals surface area (Å²) < 4.78 is 10.5. The lowest BCUT2D eigenvalue weighted by Gasteiger charge is -2.06. The molecule has 0 saturated heterocycles. The molecule has 3 aromatic rings. The van der Waals surface area contributed by atoms with Gasteiger partial charge in [-0.1, -0.05) is 29.3 Å². The van der Waals surface area contributed by atoms with Gasteiger partial charge in [0, 0.05) is 5.56 Å². The molecule has 0 radical (unpaired) electrons. The Kier molecular flexibility index (Phi) is 4.69. The highest BCUT2D eigenvalue weighted by Gasteiger charge is 2.18. The van der Waals surface area contributed by atoms with Crippen molar-refractivity contribution in [1.82, 2.24) is 10.2 Å². The zero-order chi connectivity index (χ0) is 17.1. The third-order valence-electron chi connectivity index (χ3n) is 3.16. The lowest BCUT2D eigenvalue weighted by molar-refractivity contribution is 0.0991. The highest BCUT2D eigenvalue weighted by atomic mass is 35.5. The van der Waals surface area contributed by atoms with Crippen molar-refractivity contribution in [1.29, 1.82) is 0 Å². The zero-order valence-electron chi connectivity index (χ0n) is 12.4. The van der Waals surface area contributed by atoms with Crippen LogP contribution in [0.25, 0.3) is 11.5 Å². The predicted molar refractivity (Wildman–Crippen MR) is 90.7 cm³/mol. The Morgan fingerprint density at radius 1 is 1.08 bits per heavy atom. The van der Waals surface area contributed by atoms with Crippen molar-refractivity contribution in [3.8, 4) is 17.2 Å². The largest absolute Gasteiger partial charge is 0.497 e. The Bertz CT molecular complexity index is 858. The summed E-state index contributed by atoms with van der Waals surface area (Å²) in [6.45, 7) is 0. The van der Waals surface area contributed by atoms with E-state index in [0.717, 1.165) is 0 Å². The van der Waals surface area contributed by atoms with Crippen LogP contribution in [0.15, 0.2) is 46.9 Å². The van der Waals surface area contributed by atoms with Crippen LogP contribution in [0.1, 0.15) is 10.7 Å². The van der Waals surface area contributed by atoms with Gasteiger partial charge in [0.05, 0.1) is 22.8 Å². The number of hydrogen-bond donors (Lipinski definition) is 1. The first-order chi connectivity index (χ1) is 11.6. The van der Waals surface area contributed by atoms with Crippen molar-refractivity contribution in [2.75, 3.05) is 12.4 Å². The first kappa shape index (κ1) is 16.3. The number of carbonyl (C=O) groups is 1. The fraction of sp³-hybridized carbons (Fsp3) is 0.0625. The Morgan fingerprint density at radius 3 is 2.38 bits per heavy atom. The van der Waals surface area contributed by atoms with E-state index in [-0.39, 0.29) is 17.5 Å². The van der Waals surface area contributed by atoms with E-state index >= 15 is 0 Å². The highest BCUT2D eigenvalue weighted by molar-refractivity contribution is 6.39. The maximum atomic E-state index is 12.2. The minimum absolute atomic E-state index is 0.197. The molecule has 24 heavy (non-hydrogen) atoms. The number of para-hydroxylation sites is 1. The van der Waals surface area contributed by atoms with E-state index in [2.05, 4.69) is 15.5 Å². The number of aromatic nitrogens is 2. The van der Waals surface area contributed by atoms with Gasteiger partial charge in [-0.15, -0.1) is 10.2 Å². The molecule has 0 aliphatic carbocycles. The van der Waals surface area contributed by atoms with E-state index < -0.39 is 5.91 Å². The summed E-state index contributed by atoms with van der Waals surface area (Å²) >= 11 is 12.0. The van der Waals surface area contributed by atoms with E-state index in [1.807, 2.05) is 0 Å². The Hall–Kier alpha value is -2.57. The van der Waals surface area contributed by atoms with Crippen LogP contribution in [-0.4, -0.2) is 23.2 Å². The summed E-state index contributed by atoms with van der Waals surface area (Å²) in [5, 5.41) is 10.8. The van der Waals surface area contributed by atoms with Crippen LogP contribution in [0.3, 0.4) is 0 Å². The van der Waals surface area contributed by atoms with Crippen LogP contribution in [-0.2, 0) is 0 Å². The van der Waals surface area contributed by atoms with Crippen LogP contribution in [0, 0.1) is 0 Å². The van der Waals surface area contributed by atoms with Gasteiger partial charge < -0.3 is 14.5 Å².